The first kappa shape index (κ1) is 6.61. The molecule has 1 heterocycles. The van der Waals surface area contributed by atoms with E-state index in [2.05, 4.69) is 20.9 Å². The molecule has 9 heavy (non-hydrogen) atoms. The lowest BCUT2D eigenvalue weighted by molar-refractivity contribution is 0.551. The number of pyridine rings is 1. The molecule has 0 aliphatic rings. The first-order chi connectivity index (χ1) is 4.20. The maximum atomic E-state index is 12.2. The van der Waals surface area contributed by atoms with Crippen molar-refractivity contribution < 1.29 is 8.78 Å². The van der Waals surface area contributed by atoms with Crippen molar-refractivity contribution in [3.05, 3.63) is 28.5 Å². The average molecular weight is 193 g/mol. The monoisotopic (exact) mass is 192 g/mol. The van der Waals surface area contributed by atoms with Crippen molar-refractivity contribution in [1.82, 2.24) is 4.98 Å². The van der Waals surface area contributed by atoms with Crippen LogP contribution in [0.15, 0.2) is 10.7 Å². The molecule has 0 N–H and O–H groups in total. The SMILES string of the molecule is Fc1c[c]c(F)c(Br)n1. The minimum atomic E-state index is -0.747. The second-order valence-corrected chi connectivity index (χ2v) is 2.08. The number of rotatable bonds is 0. The van der Waals surface area contributed by atoms with Crippen LogP contribution in [0.4, 0.5) is 8.78 Å². The standard InChI is InChI=1S/C5HBrF2N/c6-5-3(7)1-2-4(8)9-5/h2H. The summed E-state index contributed by atoms with van der Waals surface area (Å²) >= 11 is 2.69. The lowest BCUT2D eigenvalue weighted by atomic mass is 10.5. The molecule has 0 saturated carbocycles. The van der Waals surface area contributed by atoms with Crippen LogP contribution in [0.3, 0.4) is 0 Å². The third kappa shape index (κ3) is 1.45. The molecule has 1 aromatic rings. The maximum Gasteiger partial charge on any atom is 0.214 e. The second kappa shape index (κ2) is 2.39. The Hall–Kier alpha value is -0.510. The molecule has 1 aromatic heterocycles. The Kier molecular flexibility index (Phi) is 1.75. The van der Waals surface area contributed by atoms with Gasteiger partial charge in [0.15, 0.2) is 5.82 Å². The summed E-state index contributed by atoms with van der Waals surface area (Å²) in [5.41, 5.74) is 0. The Bertz CT molecular complexity index is 226. The van der Waals surface area contributed by atoms with Gasteiger partial charge in [-0.05, 0) is 15.9 Å². The average Bonchev–Trinajstić information content (AvgIpc) is 1.80. The van der Waals surface area contributed by atoms with Gasteiger partial charge in [-0.1, -0.05) is 0 Å². The first-order valence-electron chi connectivity index (χ1n) is 2.09. The summed E-state index contributed by atoms with van der Waals surface area (Å²) in [7, 11) is 0. The second-order valence-electron chi connectivity index (χ2n) is 1.33. The quantitative estimate of drug-likeness (QED) is 0.573. The summed E-state index contributed by atoms with van der Waals surface area (Å²) in [6.07, 6.45) is 0. The molecule has 0 atom stereocenters. The van der Waals surface area contributed by atoms with Crippen molar-refractivity contribution in [2.75, 3.05) is 0 Å². The predicted octanol–water partition coefficient (Wildman–Crippen LogP) is 1.92. The summed E-state index contributed by atoms with van der Waals surface area (Å²) in [5, 5.41) is 0. The van der Waals surface area contributed by atoms with E-state index in [-0.39, 0.29) is 4.60 Å². The summed E-state index contributed by atoms with van der Waals surface area (Å²) in [4.78, 5) is 3.12. The van der Waals surface area contributed by atoms with Crippen molar-refractivity contribution in [3.63, 3.8) is 0 Å². The summed E-state index contributed by atoms with van der Waals surface area (Å²) in [5.74, 6) is -1.43. The fraction of sp³-hybridized carbons (Fsp3) is 0. The van der Waals surface area contributed by atoms with Gasteiger partial charge in [0.05, 0.1) is 0 Å². The maximum absolute atomic E-state index is 12.2. The predicted molar refractivity (Wildman–Crippen MR) is 30.7 cm³/mol. The van der Waals surface area contributed by atoms with E-state index in [1.807, 2.05) is 6.07 Å². The number of hydrogen-bond acceptors (Lipinski definition) is 1. The number of aromatic nitrogens is 1. The van der Waals surface area contributed by atoms with Gasteiger partial charge in [0.1, 0.15) is 4.60 Å². The molecule has 0 aliphatic carbocycles. The van der Waals surface area contributed by atoms with Crippen LogP contribution in [-0.4, -0.2) is 4.98 Å². The molecule has 0 aromatic carbocycles. The molecule has 1 rings (SSSR count). The van der Waals surface area contributed by atoms with E-state index in [0.717, 1.165) is 6.07 Å². The van der Waals surface area contributed by atoms with Crippen LogP contribution in [0.25, 0.3) is 0 Å². The molecule has 1 radical (unpaired) electrons. The van der Waals surface area contributed by atoms with Crippen molar-refractivity contribution in [2.24, 2.45) is 0 Å². The number of halogens is 3. The normalized spacial score (nSPS) is 9.67. The zero-order valence-electron chi connectivity index (χ0n) is 4.16. The Morgan fingerprint density at radius 3 is 2.67 bits per heavy atom. The Labute approximate surface area is 58.8 Å². The van der Waals surface area contributed by atoms with Crippen molar-refractivity contribution in [2.45, 2.75) is 0 Å². The third-order valence-electron chi connectivity index (χ3n) is 0.704. The molecular weight excluding hydrogens is 192 g/mol. The van der Waals surface area contributed by atoms with Crippen LogP contribution in [0.5, 0.6) is 0 Å². The van der Waals surface area contributed by atoms with Gasteiger partial charge in [-0.25, -0.2) is 9.37 Å². The first-order valence-corrected chi connectivity index (χ1v) is 2.88. The van der Waals surface area contributed by atoms with Gasteiger partial charge >= 0.3 is 0 Å². The Morgan fingerprint density at radius 1 is 1.56 bits per heavy atom. The fourth-order valence-corrected chi connectivity index (χ4v) is 0.641. The van der Waals surface area contributed by atoms with E-state index < -0.39 is 11.8 Å². The lowest BCUT2D eigenvalue weighted by Gasteiger charge is -1.89. The highest BCUT2D eigenvalue weighted by atomic mass is 79.9. The van der Waals surface area contributed by atoms with Crippen LogP contribution in [0.2, 0.25) is 0 Å². The fourth-order valence-electron chi connectivity index (χ4n) is 0.358. The zero-order valence-corrected chi connectivity index (χ0v) is 5.74. The smallest absolute Gasteiger partial charge is 0.210 e. The van der Waals surface area contributed by atoms with Gasteiger partial charge in [-0.15, -0.1) is 0 Å². The van der Waals surface area contributed by atoms with Crippen molar-refractivity contribution in [3.8, 4) is 0 Å². The molecule has 0 unspecified atom stereocenters. The minimum absolute atomic E-state index is 0.150. The van der Waals surface area contributed by atoms with Gasteiger partial charge in [-0.3, -0.25) is 0 Å². The van der Waals surface area contributed by atoms with Gasteiger partial charge in [-0.2, -0.15) is 4.39 Å². The van der Waals surface area contributed by atoms with E-state index in [1.165, 1.54) is 0 Å². The number of nitrogens with zero attached hydrogens (tertiary/aromatic N) is 1. The molecule has 47 valence electrons. The highest BCUT2D eigenvalue weighted by molar-refractivity contribution is 9.10. The highest BCUT2D eigenvalue weighted by Crippen LogP contribution is 2.10. The van der Waals surface area contributed by atoms with Crippen molar-refractivity contribution in [1.29, 1.82) is 0 Å². The third-order valence-corrected chi connectivity index (χ3v) is 1.23. The molecule has 4 heteroatoms. The molecule has 0 bridgehead atoms. The molecular formula is C5HBrF2N. The Balaban J connectivity index is 3.17. The topological polar surface area (TPSA) is 12.9 Å². The van der Waals surface area contributed by atoms with Gasteiger partial charge < -0.3 is 0 Å². The molecule has 1 nitrogen and oxygen atoms in total. The summed E-state index contributed by atoms with van der Waals surface area (Å²) in [6, 6.07) is 2.85. The summed E-state index contributed by atoms with van der Waals surface area (Å²) in [6.45, 7) is 0. The van der Waals surface area contributed by atoms with E-state index in [0.29, 0.717) is 0 Å². The summed E-state index contributed by atoms with van der Waals surface area (Å²) < 4.78 is 24.0. The van der Waals surface area contributed by atoms with E-state index >= 15 is 0 Å². The van der Waals surface area contributed by atoms with E-state index in [9.17, 15) is 8.78 Å². The van der Waals surface area contributed by atoms with Crippen LogP contribution in [-0.2, 0) is 0 Å². The molecule has 0 amide bonds. The van der Waals surface area contributed by atoms with Crippen LogP contribution >= 0.6 is 15.9 Å². The molecule has 0 aliphatic heterocycles. The minimum Gasteiger partial charge on any atom is -0.210 e. The van der Waals surface area contributed by atoms with E-state index in [1.54, 1.807) is 0 Å². The largest absolute Gasteiger partial charge is 0.214 e. The van der Waals surface area contributed by atoms with Gasteiger partial charge in [0.2, 0.25) is 5.95 Å². The van der Waals surface area contributed by atoms with Crippen LogP contribution < -0.4 is 0 Å². The van der Waals surface area contributed by atoms with Crippen LogP contribution in [0.1, 0.15) is 0 Å². The highest BCUT2D eigenvalue weighted by Gasteiger charge is 1.99. The number of hydrogen-bond donors (Lipinski definition) is 0. The molecule has 0 spiro atoms. The van der Waals surface area contributed by atoms with Gasteiger partial charge in [0.25, 0.3) is 0 Å². The van der Waals surface area contributed by atoms with Crippen LogP contribution in [0, 0.1) is 17.8 Å². The van der Waals surface area contributed by atoms with E-state index in [4.69, 9.17) is 0 Å². The van der Waals surface area contributed by atoms with Gasteiger partial charge in [0, 0.05) is 12.1 Å². The zero-order chi connectivity index (χ0) is 6.85. The lowest BCUT2D eigenvalue weighted by Crippen LogP contribution is -1.86. The Morgan fingerprint density at radius 2 is 2.22 bits per heavy atom. The molecule has 0 saturated heterocycles. The molecule has 0 fully saturated rings. The van der Waals surface area contributed by atoms with Crippen molar-refractivity contribution >= 4 is 15.9 Å².